The molecular formula is C9H15BrO3S. The summed E-state index contributed by atoms with van der Waals surface area (Å²) in [7, 11) is -2.76. The molecule has 0 aromatic rings. The number of sulfone groups is 1. The van der Waals surface area contributed by atoms with Crippen molar-refractivity contribution in [3.05, 3.63) is 0 Å². The minimum atomic E-state index is -2.76. The highest BCUT2D eigenvalue weighted by atomic mass is 79.9. The molecule has 0 aromatic carbocycles. The van der Waals surface area contributed by atoms with E-state index in [1.165, 1.54) is 0 Å². The fourth-order valence-corrected chi connectivity index (χ4v) is 5.28. The smallest absolute Gasteiger partial charge is 0.150 e. The Hall–Kier alpha value is 0.390. The van der Waals surface area contributed by atoms with Gasteiger partial charge in [0.05, 0.1) is 18.1 Å². The van der Waals surface area contributed by atoms with Crippen LogP contribution in [-0.4, -0.2) is 38.5 Å². The molecule has 0 aromatic heterocycles. The molecule has 2 atom stereocenters. The molecule has 0 spiro atoms. The maximum absolute atomic E-state index is 11.4. The largest absolute Gasteiger partial charge is 0.381 e. The third-order valence-corrected chi connectivity index (χ3v) is 6.38. The highest BCUT2D eigenvalue weighted by Crippen LogP contribution is 2.43. The van der Waals surface area contributed by atoms with E-state index in [0.717, 1.165) is 31.4 Å². The molecule has 2 aliphatic heterocycles. The molecule has 0 N–H and O–H groups in total. The lowest BCUT2D eigenvalue weighted by molar-refractivity contribution is 0.133. The average molecular weight is 283 g/mol. The first-order valence-corrected chi connectivity index (χ1v) is 7.86. The number of hydrogen-bond acceptors (Lipinski definition) is 3. The first-order valence-electron chi connectivity index (χ1n) is 4.92. The molecule has 2 rings (SSSR count). The molecule has 3 nitrogen and oxygen atoms in total. The van der Waals surface area contributed by atoms with Crippen LogP contribution in [0.4, 0.5) is 0 Å². The van der Waals surface area contributed by atoms with Crippen molar-refractivity contribution in [2.24, 2.45) is 11.3 Å². The van der Waals surface area contributed by atoms with E-state index < -0.39 is 9.84 Å². The standard InChI is InChI=1S/C9H15BrO3S/c10-6-9(2-3-13-7-9)8-1-4-14(11,12)5-8/h8H,1-7H2. The minimum absolute atomic E-state index is 0.0869. The van der Waals surface area contributed by atoms with Gasteiger partial charge in [0.1, 0.15) is 0 Å². The molecular weight excluding hydrogens is 268 g/mol. The van der Waals surface area contributed by atoms with Crippen LogP contribution in [0.25, 0.3) is 0 Å². The first-order chi connectivity index (χ1) is 6.58. The van der Waals surface area contributed by atoms with Gasteiger partial charge in [-0.3, -0.25) is 0 Å². The normalized spacial score (nSPS) is 41.6. The highest BCUT2D eigenvalue weighted by Gasteiger charge is 2.46. The summed E-state index contributed by atoms with van der Waals surface area (Å²) in [5.41, 5.74) is 0.0869. The van der Waals surface area contributed by atoms with E-state index in [9.17, 15) is 8.42 Å². The van der Waals surface area contributed by atoms with Gasteiger partial charge in [0.15, 0.2) is 9.84 Å². The maximum Gasteiger partial charge on any atom is 0.150 e. The summed E-state index contributed by atoms with van der Waals surface area (Å²) in [5.74, 6) is 1.03. The van der Waals surface area contributed by atoms with Crippen molar-refractivity contribution in [1.29, 1.82) is 0 Å². The van der Waals surface area contributed by atoms with E-state index in [-0.39, 0.29) is 5.41 Å². The van der Waals surface area contributed by atoms with Crippen LogP contribution in [0.3, 0.4) is 0 Å². The predicted molar refractivity (Wildman–Crippen MR) is 58.4 cm³/mol. The molecule has 0 saturated carbocycles. The summed E-state index contributed by atoms with van der Waals surface area (Å²) in [4.78, 5) is 0. The zero-order valence-corrected chi connectivity index (χ0v) is 10.4. The molecule has 0 amide bonds. The molecule has 2 fully saturated rings. The molecule has 0 radical (unpaired) electrons. The van der Waals surface area contributed by atoms with Crippen LogP contribution in [0.15, 0.2) is 0 Å². The fraction of sp³-hybridized carbons (Fsp3) is 1.00. The van der Waals surface area contributed by atoms with Gasteiger partial charge in [-0.05, 0) is 18.8 Å². The summed E-state index contributed by atoms with van der Waals surface area (Å²) in [5, 5.41) is 0.861. The molecule has 2 aliphatic rings. The van der Waals surface area contributed by atoms with E-state index in [4.69, 9.17) is 4.74 Å². The Morgan fingerprint density at radius 2 is 2.29 bits per heavy atom. The Balaban J connectivity index is 2.14. The molecule has 82 valence electrons. The summed E-state index contributed by atoms with van der Waals surface area (Å²) in [6.07, 6.45) is 1.82. The second-order valence-electron chi connectivity index (χ2n) is 4.40. The maximum atomic E-state index is 11.4. The number of hydrogen-bond donors (Lipinski definition) is 0. The zero-order chi connectivity index (χ0) is 10.2. The third kappa shape index (κ3) is 1.86. The van der Waals surface area contributed by atoms with Crippen molar-refractivity contribution in [3.63, 3.8) is 0 Å². The fourth-order valence-electron chi connectivity index (χ4n) is 2.44. The second-order valence-corrected chi connectivity index (χ2v) is 7.19. The number of rotatable bonds is 2. The van der Waals surface area contributed by atoms with Crippen LogP contribution in [0.1, 0.15) is 12.8 Å². The number of alkyl halides is 1. The van der Waals surface area contributed by atoms with E-state index in [1.807, 2.05) is 0 Å². The lowest BCUT2D eigenvalue weighted by atomic mass is 9.76. The van der Waals surface area contributed by atoms with Crippen molar-refractivity contribution in [3.8, 4) is 0 Å². The van der Waals surface area contributed by atoms with Gasteiger partial charge in [0.25, 0.3) is 0 Å². The molecule has 0 bridgehead atoms. The van der Waals surface area contributed by atoms with Gasteiger partial charge in [-0.2, -0.15) is 0 Å². The van der Waals surface area contributed by atoms with E-state index in [0.29, 0.717) is 17.4 Å². The molecule has 14 heavy (non-hydrogen) atoms. The molecule has 5 heteroatoms. The van der Waals surface area contributed by atoms with Crippen molar-refractivity contribution >= 4 is 25.8 Å². The lowest BCUT2D eigenvalue weighted by Crippen LogP contribution is -2.33. The molecule has 0 aliphatic carbocycles. The predicted octanol–water partition coefficient (Wildman–Crippen LogP) is 1.22. The van der Waals surface area contributed by atoms with Crippen LogP contribution in [-0.2, 0) is 14.6 Å². The Bertz CT molecular complexity index is 306. The molecule has 2 unspecified atom stereocenters. The minimum Gasteiger partial charge on any atom is -0.381 e. The third-order valence-electron chi connectivity index (χ3n) is 3.50. The van der Waals surface area contributed by atoms with Crippen LogP contribution < -0.4 is 0 Å². The van der Waals surface area contributed by atoms with Gasteiger partial charge >= 0.3 is 0 Å². The summed E-state index contributed by atoms with van der Waals surface area (Å²) < 4.78 is 28.2. The average Bonchev–Trinajstić information content (AvgIpc) is 2.72. The van der Waals surface area contributed by atoms with Gasteiger partial charge in [0.2, 0.25) is 0 Å². The number of halogens is 1. The summed E-state index contributed by atoms with van der Waals surface area (Å²) in [6, 6.07) is 0. The molecule has 2 saturated heterocycles. The first kappa shape index (κ1) is 10.9. The summed E-state index contributed by atoms with van der Waals surface area (Å²) >= 11 is 3.51. The van der Waals surface area contributed by atoms with Gasteiger partial charge < -0.3 is 4.74 Å². The van der Waals surface area contributed by atoms with E-state index in [1.54, 1.807) is 0 Å². The Kier molecular flexibility index (Phi) is 2.92. The van der Waals surface area contributed by atoms with Gasteiger partial charge in [-0.25, -0.2) is 8.42 Å². The van der Waals surface area contributed by atoms with Gasteiger partial charge in [0, 0.05) is 17.4 Å². The van der Waals surface area contributed by atoms with Crippen LogP contribution in [0.2, 0.25) is 0 Å². The quantitative estimate of drug-likeness (QED) is 0.716. The van der Waals surface area contributed by atoms with Crippen LogP contribution >= 0.6 is 15.9 Å². The highest BCUT2D eigenvalue weighted by molar-refractivity contribution is 9.09. The van der Waals surface area contributed by atoms with E-state index in [2.05, 4.69) is 15.9 Å². The Morgan fingerprint density at radius 1 is 1.50 bits per heavy atom. The van der Waals surface area contributed by atoms with Gasteiger partial charge in [-0.15, -0.1) is 0 Å². The second kappa shape index (κ2) is 3.76. The topological polar surface area (TPSA) is 43.4 Å². The van der Waals surface area contributed by atoms with E-state index >= 15 is 0 Å². The molecule has 2 heterocycles. The van der Waals surface area contributed by atoms with Crippen molar-refractivity contribution in [2.45, 2.75) is 12.8 Å². The lowest BCUT2D eigenvalue weighted by Gasteiger charge is -2.30. The zero-order valence-electron chi connectivity index (χ0n) is 8.04. The van der Waals surface area contributed by atoms with Crippen LogP contribution in [0.5, 0.6) is 0 Å². The summed E-state index contributed by atoms with van der Waals surface area (Å²) in [6.45, 7) is 1.50. The van der Waals surface area contributed by atoms with Crippen LogP contribution in [0, 0.1) is 11.3 Å². The Morgan fingerprint density at radius 3 is 2.71 bits per heavy atom. The van der Waals surface area contributed by atoms with Crippen molar-refractivity contribution in [1.82, 2.24) is 0 Å². The van der Waals surface area contributed by atoms with Crippen molar-refractivity contribution in [2.75, 3.05) is 30.0 Å². The monoisotopic (exact) mass is 282 g/mol. The Labute approximate surface area is 93.3 Å². The van der Waals surface area contributed by atoms with Crippen molar-refractivity contribution < 1.29 is 13.2 Å². The SMILES string of the molecule is O=S1(=O)CCC(C2(CBr)CCOC2)C1. The van der Waals surface area contributed by atoms with Gasteiger partial charge in [-0.1, -0.05) is 15.9 Å². The number of ether oxygens (including phenoxy) is 1.